The Balaban J connectivity index is 1.34. The van der Waals surface area contributed by atoms with Crippen LogP contribution in [0.2, 0.25) is 0 Å². The van der Waals surface area contributed by atoms with Gasteiger partial charge in [-0.3, -0.25) is 0 Å². The number of epoxide rings is 1. The number of alkyl halides is 3. The molecule has 5 rings (SSSR count). The summed E-state index contributed by atoms with van der Waals surface area (Å²) in [5.41, 5.74) is 0.419. The van der Waals surface area contributed by atoms with Crippen molar-refractivity contribution >= 4 is 0 Å². The van der Waals surface area contributed by atoms with Gasteiger partial charge in [-0.25, -0.2) is 0 Å². The van der Waals surface area contributed by atoms with Crippen LogP contribution in [0.25, 0.3) is 0 Å². The predicted molar refractivity (Wildman–Crippen MR) is 104 cm³/mol. The molecule has 0 spiro atoms. The lowest BCUT2D eigenvalue weighted by Crippen LogP contribution is -2.50. The number of hydrogen-bond donors (Lipinski definition) is 0. The van der Waals surface area contributed by atoms with Gasteiger partial charge < -0.3 is 4.74 Å². The first-order valence-corrected chi connectivity index (χ1v) is 11.9. The van der Waals surface area contributed by atoms with E-state index in [4.69, 9.17) is 4.74 Å². The third-order valence-electron chi connectivity index (χ3n) is 10.4. The molecule has 1 saturated heterocycles. The van der Waals surface area contributed by atoms with Crippen molar-refractivity contribution < 1.29 is 17.9 Å². The van der Waals surface area contributed by atoms with E-state index in [0.717, 1.165) is 43.1 Å². The number of rotatable bonds is 2. The van der Waals surface area contributed by atoms with Crippen molar-refractivity contribution in [3.05, 3.63) is 0 Å². The van der Waals surface area contributed by atoms with Crippen LogP contribution in [0.5, 0.6) is 0 Å². The molecular weight excluding hydrogens is 361 g/mol. The van der Waals surface area contributed by atoms with Gasteiger partial charge in [-0.2, -0.15) is 13.2 Å². The number of hydrogen-bond acceptors (Lipinski definition) is 1. The average Bonchev–Trinajstić information content (AvgIpc) is 3.45. The molecule has 1 aliphatic heterocycles. The zero-order valence-corrected chi connectivity index (χ0v) is 17.7. The average molecular weight is 399 g/mol. The SMILES string of the molecule is CC1CC([C@H](C)C2CO2)[C@@]2(C)CCC3[C@@H](CC[C@@H]4CC(C(F)(F)F)CC[C@H]34)C12. The molecule has 0 N–H and O–H groups in total. The topological polar surface area (TPSA) is 12.5 Å². The summed E-state index contributed by atoms with van der Waals surface area (Å²) in [4.78, 5) is 0. The summed E-state index contributed by atoms with van der Waals surface area (Å²) in [6.07, 6.45) is 4.22. The molecule has 0 bridgehead atoms. The minimum absolute atomic E-state index is 0.331. The monoisotopic (exact) mass is 398 g/mol. The first-order chi connectivity index (χ1) is 13.2. The zero-order valence-electron chi connectivity index (χ0n) is 17.7. The summed E-state index contributed by atoms with van der Waals surface area (Å²) in [7, 11) is 0. The molecule has 0 aromatic carbocycles. The molecule has 1 heterocycles. The molecule has 4 aliphatic carbocycles. The summed E-state index contributed by atoms with van der Waals surface area (Å²) < 4.78 is 45.5. The predicted octanol–water partition coefficient (Wildman–Crippen LogP) is 6.71. The third kappa shape index (κ3) is 2.98. The Morgan fingerprint density at radius 1 is 0.964 bits per heavy atom. The van der Waals surface area contributed by atoms with Crippen LogP contribution in [-0.4, -0.2) is 18.9 Å². The fourth-order valence-electron chi connectivity index (χ4n) is 9.18. The number of ether oxygens (including phenoxy) is 1. The molecular formula is C24H37F3O. The lowest BCUT2D eigenvalue weighted by Gasteiger charge is -2.57. The summed E-state index contributed by atoms with van der Waals surface area (Å²) >= 11 is 0. The molecule has 0 aromatic heterocycles. The van der Waals surface area contributed by atoms with E-state index < -0.39 is 12.1 Å². The Morgan fingerprint density at radius 3 is 2.36 bits per heavy atom. The smallest absolute Gasteiger partial charge is 0.373 e. The lowest BCUT2D eigenvalue weighted by atomic mass is 9.48. The standard InChI is InChI=1S/C24H37F3O/c1-13-10-20(14(2)21-12-28-21)23(3)9-8-18-17-7-5-16(24(25,26)27)11-15(17)4-6-19(18)22(13)23/h13-22H,4-12H2,1-3H3/t13?,14-,15+,16?,17-,18?,19+,20?,21?,22?,23+/m0/s1. The van der Waals surface area contributed by atoms with E-state index in [1.807, 2.05) is 0 Å². The van der Waals surface area contributed by atoms with Crippen molar-refractivity contribution in [1.29, 1.82) is 0 Å². The second-order valence-corrected chi connectivity index (χ2v) is 11.5. The molecule has 4 saturated carbocycles. The maximum atomic E-state index is 13.3. The van der Waals surface area contributed by atoms with Crippen molar-refractivity contribution in [2.75, 3.05) is 6.61 Å². The summed E-state index contributed by atoms with van der Waals surface area (Å²) in [6.45, 7) is 8.39. The summed E-state index contributed by atoms with van der Waals surface area (Å²) in [5.74, 6) is 4.27. The van der Waals surface area contributed by atoms with Crippen molar-refractivity contribution in [2.24, 2.45) is 58.7 Å². The second kappa shape index (κ2) is 6.62. The maximum Gasteiger partial charge on any atom is 0.391 e. The Hall–Kier alpha value is -0.250. The molecule has 5 fully saturated rings. The first kappa shape index (κ1) is 19.7. The molecule has 0 amide bonds. The van der Waals surface area contributed by atoms with Crippen molar-refractivity contribution in [3.8, 4) is 0 Å². The van der Waals surface area contributed by atoms with Crippen LogP contribution in [0.3, 0.4) is 0 Å². The van der Waals surface area contributed by atoms with Gasteiger partial charge in [0.15, 0.2) is 0 Å². The van der Waals surface area contributed by atoms with Crippen LogP contribution >= 0.6 is 0 Å². The zero-order chi connectivity index (χ0) is 19.8. The quantitative estimate of drug-likeness (QED) is 0.471. The fourth-order valence-corrected chi connectivity index (χ4v) is 9.18. The maximum absolute atomic E-state index is 13.3. The van der Waals surface area contributed by atoms with Gasteiger partial charge in [0, 0.05) is 0 Å². The molecule has 11 atom stereocenters. The Kier molecular flexibility index (Phi) is 4.66. The van der Waals surface area contributed by atoms with Gasteiger partial charge >= 0.3 is 6.18 Å². The fraction of sp³-hybridized carbons (Fsp3) is 1.00. The van der Waals surface area contributed by atoms with E-state index in [1.54, 1.807) is 0 Å². The van der Waals surface area contributed by atoms with Crippen molar-refractivity contribution in [1.82, 2.24) is 0 Å². The molecule has 5 aliphatic rings. The molecule has 0 aromatic rings. The number of halogens is 3. The minimum Gasteiger partial charge on any atom is -0.373 e. The van der Waals surface area contributed by atoms with E-state index in [0.29, 0.717) is 48.0 Å². The highest BCUT2D eigenvalue weighted by Gasteiger charge is 2.61. The van der Waals surface area contributed by atoms with Gasteiger partial charge in [-0.15, -0.1) is 0 Å². The Morgan fingerprint density at radius 2 is 1.68 bits per heavy atom. The molecule has 0 radical (unpaired) electrons. The minimum atomic E-state index is -3.98. The summed E-state index contributed by atoms with van der Waals surface area (Å²) in [6, 6.07) is 0. The van der Waals surface area contributed by atoms with Crippen LogP contribution in [0.15, 0.2) is 0 Å². The van der Waals surface area contributed by atoms with E-state index in [9.17, 15) is 13.2 Å². The van der Waals surface area contributed by atoms with Gasteiger partial charge in [0.25, 0.3) is 0 Å². The van der Waals surface area contributed by atoms with E-state index in [2.05, 4.69) is 20.8 Å². The lowest BCUT2D eigenvalue weighted by molar-refractivity contribution is -0.196. The first-order valence-electron chi connectivity index (χ1n) is 11.9. The largest absolute Gasteiger partial charge is 0.391 e. The second-order valence-electron chi connectivity index (χ2n) is 11.5. The normalized spacial score (nSPS) is 54.4. The van der Waals surface area contributed by atoms with E-state index in [-0.39, 0.29) is 0 Å². The van der Waals surface area contributed by atoms with Crippen LogP contribution in [0.1, 0.15) is 72.1 Å². The summed E-state index contributed by atoms with van der Waals surface area (Å²) in [5, 5.41) is 0. The highest BCUT2D eigenvalue weighted by molar-refractivity contribution is 5.09. The third-order valence-corrected chi connectivity index (χ3v) is 10.4. The Labute approximate surface area is 168 Å². The van der Waals surface area contributed by atoms with Crippen LogP contribution in [0.4, 0.5) is 13.2 Å². The van der Waals surface area contributed by atoms with E-state index in [1.165, 1.54) is 25.7 Å². The molecule has 4 heteroatoms. The van der Waals surface area contributed by atoms with Crippen LogP contribution in [-0.2, 0) is 4.74 Å². The highest BCUT2D eigenvalue weighted by Crippen LogP contribution is 2.67. The molecule has 160 valence electrons. The molecule has 6 unspecified atom stereocenters. The van der Waals surface area contributed by atoms with Gasteiger partial charge in [-0.05, 0) is 104 Å². The highest BCUT2D eigenvalue weighted by atomic mass is 19.4. The van der Waals surface area contributed by atoms with Gasteiger partial charge in [0.2, 0.25) is 0 Å². The van der Waals surface area contributed by atoms with Crippen molar-refractivity contribution in [3.63, 3.8) is 0 Å². The van der Waals surface area contributed by atoms with Crippen molar-refractivity contribution in [2.45, 2.75) is 84.4 Å². The van der Waals surface area contributed by atoms with Crippen LogP contribution in [0, 0.1) is 58.7 Å². The molecule has 28 heavy (non-hydrogen) atoms. The number of fused-ring (bicyclic) bond motifs is 5. The Bertz CT molecular complexity index is 599. The molecule has 1 nitrogen and oxygen atoms in total. The van der Waals surface area contributed by atoms with Gasteiger partial charge in [0.05, 0.1) is 18.6 Å². The van der Waals surface area contributed by atoms with Crippen LogP contribution < -0.4 is 0 Å². The van der Waals surface area contributed by atoms with E-state index >= 15 is 0 Å². The van der Waals surface area contributed by atoms with Gasteiger partial charge in [-0.1, -0.05) is 20.8 Å². The van der Waals surface area contributed by atoms with Gasteiger partial charge in [0.1, 0.15) is 0 Å².